The third-order valence-corrected chi connectivity index (χ3v) is 3.85. The average molecular weight is 336 g/mol. The molecule has 1 heterocycles. The second-order valence-corrected chi connectivity index (χ2v) is 5.96. The molecule has 3 rings (SSSR count). The van der Waals surface area contributed by atoms with Crippen molar-refractivity contribution >= 4 is 23.6 Å². The van der Waals surface area contributed by atoms with Gasteiger partial charge in [0, 0.05) is 17.7 Å². The zero-order valence-corrected chi connectivity index (χ0v) is 13.8. The van der Waals surface area contributed by atoms with Gasteiger partial charge in [-0.2, -0.15) is 0 Å². The summed E-state index contributed by atoms with van der Waals surface area (Å²) in [6.07, 6.45) is 1.66. The second kappa shape index (κ2) is 6.68. The number of nitro benzene ring substituents is 1. The Morgan fingerprint density at radius 1 is 1.08 bits per heavy atom. The molecule has 6 heteroatoms. The highest BCUT2D eigenvalue weighted by atomic mass is 16.6. The monoisotopic (exact) mass is 336 g/mol. The molecule has 0 atom stereocenters. The molecule has 0 aliphatic carbocycles. The van der Waals surface area contributed by atoms with Crippen molar-refractivity contribution in [2.75, 3.05) is 0 Å². The van der Waals surface area contributed by atoms with Crippen LogP contribution in [0.1, 0.15) is 36.5 Å². The Kier molecular flexibility index (Phi) is 4.43. The molecule has 0 bridgehead atoms. The van der Waals surface area contributed by atoms with Crippen molar-refractivity contribution in [2.45, 2.75) is 19.8 Å². The Morgan fingerprint density at radius 2 is 1.72 bits per heavy atom. The van der Waals surface area contributed by atoms with Crippen LogP contribution in [-0.4, -0.2) is 16.8 Å². The van der Waals surface area contributed by atoms with Gasteiger partial charge in [-0.3, -0.25) is 10.1 Å². The Labute approximate surface area is 144 Å². The van der Waals surface area contributed by atoms with E-state index in [2.05, 4.69) is 18.8 Å². The number of aliphatic imine (C=N–C) groups is 1. The third-order valence-electron chi connectivity index (χ3n) is 3.85. The van der Waals surface area contributed by atoms with E-state index in [1.54, 1.807) is 6.08 Å². The van der Waals surface area contributed by atoms with Crippen LogP contribution in [0.4, 0.5) is 5.69 Å². The molecule has 2 aromatic rings. The van der Waals surface area contributed by atoms with Crippen LogP contribution in [-0.2, 0) is 9.53 Å². The summed E-state index contributed by atoms with van der Waals surface area (Å²) in [5.41, 5.74) is 2.74. The molecule has 0 N–H and O–H groups in total. The first kappa shape index (κ1) is 16.6. The molecule has 25 heavy (non-hydrogen) atoms. The van der Waals surface area contributed by atoms with Gasteiger partial charge in [-0.1, -0.05) is 38.1 Å². The van der Waals surface area contributed by atoms with Gasteiger partial charge < -0.3 is 4.74 Å². The Hall–Kier alpha value is -3.28. The fraction of sp³-hybridized carbons (Fsp3) is 0.158. The van der Waals surface area contributed by atoms with Gasteiger partial charge in [-0.15, -0.1) is 0 Å². The van der Waals surface area contributed by atoms with E-state index in [4.69, 9.17) is 4.74 Å². The van der Waals surface area contributed by atoms with E-state index in [0.29, 0.717) is 11.5 Å². The predicted molar refractivity (Wildman–Crippen MR) is 94.2 cm³/mol. The van der Waals surface area contributed by atoms with Crippen molar-refractivity contribution in [1.82, 2.24) is 0 Å². The number of hydrogen-bond donors (Lipinski definition) is 0. The number of nitrogens with zero attached hydrogens (tertiary/aromatic N) is 2. The predicted octanol–water partition coefficient (Wildman–Crippen LogP) is 4.06. The van der Waals surface area contributed by atoms with Crippen LogP contribution in [0.15, 0.2) is 59.2 Å². The van der Waals surface area contributed by atoms with Crippen molar-refractivity contribution in [3.05, 3.63) is 81.0 Å². The van der Waals surface area contributed by atoms with E-state index in [9.17, 15) is 14.9 Å². The van der Waals surface area contributed by atoms with Crippen LogP contribution >= 0.6 is 0 Å². The van der Waals surface area contributed by atoms with Crippen molar-refractivity contribution < 1.29 is 14.5 Å². The number of nitro groups is 1. The van der Waals surface area contributed by atoms with E-state index < -0.39 is 10.9 Å². The first-order valence-corrected chi connectivity index (χ1v) is 7.81. The molecule has 1 aliphatic heterocycles. The summed E-state index contributed by atoms with van der Waals surface area (Å²) in [5.74, 6) is 0.0381. The largest absolute Gasteiger partial charge is 0.402 e. The maximum absolute atomic E-state index is 12.0. The minimum Gasteiger partial charge on any atom is -0.402 e. The summed E-state index contributed by atoms with van der Waals surface area (Å²) < 4.78 is 5.17. The van der Waals surface area contributed by atoms with Crippen molar-refractivity contribution in [3.8, 4) is 0 Å². The highest BCUT2D eigenvalue weighted by Gasteiger charge is 2.24. The van der Waals surface area contributed by atoms with E-state index in [1.165, 1.54) is 29.8 Å². The minimum atomic E-state index is -0.540. The number of hydrogen-bond acceptors (Lipinski definition) is 5. The first-order valence-electron chi connectivity index (χ1n) is 7.81. The topological polar surface area (TPSA) is 81.8 Å². The lowest BCUT2D eigenvalue weighted by Gasteiger charge is -2.04. The van der Waals surface area contributed by atoms with Crippen LogP contribution in [0.25, 0.3) is 6.08 Å². The summed E-state index contributed by atoms with van der Waals surface area (Å²) in [4.78, 5) is 26.4. The number of ether oxygens (including phenoxy) is 1. The van der Waals surface area contributed by atoms with Gasteiger partial charge in [0.2, 0.25) is 5.90 Å². The molecule has 0 amide bonds. The summed E-state index contributed by atoms with van der Waals surface area (Å²) in [6, 6.07) is 13.6. The highest BCUT2D eigenvalue weighted by Crippen LogP contribution is 2.22. The molecule has 2 aromatic carbocycles. The lowest BCUT2D eigenvalue weighted by molar-refractivity contribution is -0.384. The molecule has 1 aliphatic rings. The van der Waals surface area contributed by atoms with Crippen LogP contribution < -0.4 is 0 Å². The Bertz CT molecular complexity index is 879. The van der Waals surface area contributed by atoms with Gasteiger partial charge in [0.1, 0.15) is 0 Å². The van der Waals surface area contributed by atoms with Crippen molar-refractivity contribution in [3.63, 3.8) is 0 Å². The van der Waals surface area contributed by atoms with Crippen LogP contribution in [0.2, 0.25) is 0 Å². The lowest BCUT2D eigenvalue weighted by Crippen LogP contribution is -2.05. The normalized spacial score (nSPS) is 15.4. The molecule has 0 fully saturated rings. The zero-order chi connectivity index (χ0) is 18.0. The number of esters is 1. The smallest absolute Gasteiger partial charge is 0.363 e. The third kappa shape index (κ3) is 3.63. The fourth-order valence-corrected chi connectivity index (χ4v) is 2.39. The number of carbonyl (C=O) groups excluding carboxylic acids is 1. The maximum Gasteiger partial charge on any atom is 0.363 e. The summed E-state index contributed by atoms with van der Waals surface area (Å²) in [6.45, 7) is 4.23. The SMILES string of the molecule is CC(C)c1ccc(/C=C2\N=C(c3ccc([N+](=O)[O-])cc3)OC2=O)cc1. The second-order valence-electron chi connectivity index (χ2n) is 5.96. The molecule has 0 spiro atoms. The molecule has 0 saturated heterocycles. The molecular formula is C19H16N2O4. The molecule has 6 nitrogen and oxygen atoms in total. The van der Waals surface area contributed by atoms with E-state index in [0.717, 1.165) is 5.56 Å². The van der Waals surface area contributed by atoms with Crippen molar-refractivity contribution in [1.29, 1.82) is 0 Å². The molecule has 0 radical (unpaired) electrons. The first-order chi connectivity index (χ1) is 11.9. The fourth-order valence-electron chi connectivity index (χ4n) is 2.39. The van der Waals surface area contributed by atoms with Crippen molar-refractivity contribution in [2.24, 2.45) is 4.99 Å². The van der Waals surface area contributed by atoms with Gasteiger partial charge >= 0.3 is 5.97 Å². The van der Waals surface area contributed by atoms with Crippen LogP contribution in [0.3, 0.4) is 0 Å². The molecule has 0 aromatic heterocycles. The number of benzene rings is 2. The number of non-ortho nitro benzene ring substituents is 1. The zero-order valence-electron chi connectivity index (χ0n) is 13.8. The Morgan fingerprint density at radius 3 is 2.28 bits per heavy atom. The lowest BCUT2D eigenvalue weighted by atomic mass is 10.0. The van der Waals surface area contributed by atoms with Gasteiger partial charge in [0.05, 0.1) is 4.92 Å². The van der Waals surface area contributed by atoms with Gasteiger partial charge in [0.15, 0.2) is 5.70 Å². The van der Waals surface area contributed by atoms with E-state index in [-0.39, 0.29) is 17.3 Å². The van der Waals surface area contributed by atoms with Gasteiger partial charge in [-0.25, -0.2) is 9.79 Å². The van der Waals surface area contributed by atoms with Crippen LogP contribution in [0.5, 0.6) is 0 Å². The molecule has 0 saturated carbocycles. The highest BCUT2D eigenvalue weighted by molar-refractivity contribution is 6.12. The number of cyclic esters (lactones) is 1. The molecular weight excluding hydrogens is 320 g/mol. The summed E-state index contributed by atoms with van der Waals surface area (Å²) >= 11 is 0. The maximum atomic E-state index is 12.0. The molecule has 0 unspecified atom stereocenters. The number of rotatable bonds is 4. The van der Waals surface area contributed by atoms with E-state index >= 15 is 0 Å². The summed E-state index contributed by atoms with van der Waals surface area (Å²) in [7, 11) is 0. The number of carbonyl (C=O) groups is 1. The minimum absolute atomic E-state index is 0.0327. The summed E-state index contributed by atoms with van der Waals surface area (Å²) in [5, 5.41) is 10.7. The van der Waals surface area contributed by atoms with Gasteiger partial charge in [-0.05, 0) is 35.3 Å². The van der Waals surface area contributed by atoms with Crippen LogP contribution in [0, 0.1) is 10.1 Å². The quantitative estimate of drug-likeness (QED) is 0.365. The van der Waals surface area contributed by atoms with E-state index in [1.807, 2.05) is 24.3 Å². The van der Waals surface area contributed by atoms with Gasteiger partial charge in [0.25, 0.3) is 5.69 Å². The molecule has 126 valence electrons. The average Bonchev–Trinajstić information content (AvgIpc) is 2.96. The standard InChI is InChI=1S/C19H16N2O4/c1-12(2)14-5-3-13(4-6-14)11-17-19(22)25-18(20-17)15-7-9-16(10-8-15)21(23)24/h3-12H,1-2H3/b17-11-. The Balaban J connectivity index is 1.85.